The maximum absolute atomic E-state index is 12.2. The average Bonchev–Trinajstić information content (AvgIpc) is 3.20. The number of piperazine rings is 1. The number of nitrogens with one attached hydrogen (secondary N) is 1. The summed E-state index contributed by atoms with van der Waals surface area (Å²) in [6, 6.07) is 6.83. The third kappa shape index (κ3) is 4.03. The molecule has 3 rings (SSSR count). The smallest absolute Gasteiger partial charge is 0.312 e. The van der Waals surface area contributed by atoms with Crippen LogP contribution in [0.1, 0.15) is 16.1 Å². The van der Waals surface area contributed by atoms with Gasteiger partial charge in [-0.25, -0.2) is 0 Å². The highest BCUT2D eigenvalue weighted by atomic mass is 16.3. The summed E-state index contributed by atoms with van der Waals surface area (Å²) in [7, 11) is 0. The third-order valence-corrected chi connectivity index (χ3v) is 3.96. The Bertz CT molecular complexity index is 737. The zero-order valence-corrected chi connectivity index (χ0v) is 13.6. The Morgan fingerprint density at radius 2 is 1.84 bits per heavy atom. The molecule has 0 atom stereocenters. The molecule has 1 N–H and O–H groups in total. The van der Waals surface area contributed by atoms with E-state index in [9.17, 15) is 14.4 Å². The lowest BCUT2D eigenvalue weighted by molar-refractivity contribution is -0.146. The summed E-state index contributed by atoms with van der Waals surface area (Å²) in [5.74, 6) is -1.18. The van der Waals surface area contributed by atoms with E-state index in [2.05, 4.69) is 10.3 Å². The van der Waals surface area contributed by atoms with Crippen molar-refractivity contribution < 1.29 is 18.8 Å². The molecule has 0 aliphatic carbocycles. The molecule has 1 saturated heterocycles. The van der Waals surface area contributed by atoms with Crippen LogP contribution in [0.2, 0.25) is 0 Å². The average molecular weight is 342 g/mol. The van der Waals surface area contributed by atoms with Crippen LogP contribution in [-0.4, -0.2) is 58.7 Å². The molecule has 3 amide bonds. The topological polar surface area (TPSA) is 95.8 Å². The molecule has 3 heterocycles. The van der Waals surface area contributed by atoms with E-state index in [-0.39, 0.29) is 18.2 Å². The predicted octanol–water partition coefficient (Wildman–Crippen LogP) is 0.275. The van der Waals surface area contributed by atoms with Gasteiger partial charge in [0.15, 0.2) is 5.76 Å². The molecule has 0 saturated carbocycles. The highest BCUT2D eigenvalue weighted by molar-refractivity contribution is 6.35. The van der Waals surface area contributed by atoms with Crippen LogP contribution in [0.15, 0.2) is 47.3 Å². The van der Waals surface area contributed by atoms with Crippen molar-refractivity contribution in [2.45, 2.75) is 6.54 Å². The van der Waals surface area contributed by atoms with Gasteiger partial charge in [-0.3, -0.25) is 19.4 Å². The largest absolute Gasteiger partial charge is 0.459 e. The molecule has 0 unspecified atom stereocenters. The van der Waals surface area contributed by atoms with Crippen LogP contribution in [0.3, 0.4) is 0 Å². The van der Waals surface area contributed by atoms with Crippen LogP contribution >= 0.6 is 0 Å². The fourth-order valence-electron chi connectivity index (χ4n) is 2.57. The molecule has 0 radical (unpaired) electrons. The number of hydrogen-bond acceptors (Lipinski definition) is 5. The minimum absolute atomic E-state index is 0.210. The number of rotatable bonds is 3. The highest BCUT2D eigenvalue weighted by Crippen LogP contribution is 2.09. The van der Waals surface area contributed by atoms with E-state index in [4.69, 9.17) is 4.42 Å². The van der Waals surface area contributed by atoms with E-state index in [0.717, 1.165) is 5.56 Å². The SMILES string of the molecule is O=C(NCc1cccnc1)C(=O)N1CCN(C(=O)c2ccco2)CC1. The van der Waals surface area contributed by atoms with E-state index in [0.29, 0.717) is 26.2 Å². The van der Waals surface area contributed by atoms with Gasteiger partial charge in [0.05, 0.1) is 6.26 Å². The van der Waals surface area contributed by atoms with E-state index in [1.54, 1.807) is 35.5 Å². The molecule has 0 bridgehead atoms. The van der Waals surface area contributed by atoms with Crippen molar-refractivity contribution >= 4 is 17.7 Å². The van der Waals surface area contributed by atoms with Crippen molar-refractivity contribution in [1.29, 1.82) is 0 Å². The quantitative estimate of drug-likeness (QED) is 0.808. The molecular weight excluding hydrogens is 324 g/mol. The minimum Gasteiger partial charge on any atom is -0.459 e. The lowest BCUT2D eigenvalue weighted by atomic mass is 10.2. The highest BCUT2D eigenvalue weighted by Gasteiger charge is 2.28. The summed E-state index contributed by atoms with van der Waals surface area (Å²) < 4.78 is 5.09. The van der Waals surface area contributed by atoms with Crippen LogP contribution in [0.5, 0.6) is 0 Å². The number of hydrogen-bond donors (Lipinski definition) is 1. The summed E-state index contributed by atoms with van der Waals surface area (Å²) in [5, 5.41) is 2.59. The van der Waals surface area contributed by atoms with Crippen LogP contribution in [0.25, 0.3) is 0 Å². The first kappa shape index (κ1) is 16.7. The van der Waals surface area contributed by atoms with Crippen molar-refractivity contribution in [3.63, 3.8) is 0 Å². The number of aromatic nitrogens is 1. The van der Waals surface area contributed by atoms with Gasteiger partial charge < -0.3 is 19.5 Å². The first-order valence-corrected chi connectivity index (χ1v) is 7.94. The summed E-state index contributed by atoms with van der Waals surface area (Å²) in [6.07, 6.45) is 4.71. The predicted molar refractivity (Wildman–Crippen MR) is 87.3 cm³/mol. The van der Waals surface area contributed by atoms with E-state index < -0.39 is 11.8 Å². The van der Waals surface area contributed by atoms with Gasteiger partial charge in [0.25, 0.3) is 5.91 Å². The van der Waals surface area contributed by atoms with Crippen LogP contribution in [-0.2, 0) is 16.1 Å². The van der Waals surface area contributed by atoms with Gasteiger partial charge >= 0.3 is 11.8 Å². The second kappa shape index (κ2) is 7.61. The lowest BCUT2D eigenvalue weighted by Gasteiger charge is -2.33. The molecule has 130 valence electrons. The molecule has 0 spiro atoms. The summed E-state index contributed by atoms with van der Waals surface area (Å²) >= 11 is 0. The molecule has 0 aromatic carbocycles. The number of carbonyl (C=O) groups excluding carboxylic acids is 3. The number of furan rings is 1. The Morgan fingerprint density at radius 1 is 1.08 bits per heavy atom. The Balaban J connectivity index is 1.48. The first-order chi connectivity index (χ1) is 12.1. The van der Waals surface area contributed by atoms with Gasteiger partial charge in [0.2, 0.25) is 0 Å². The molecule has 1 aliphatic heterocycles. The van der Waals surface area contributed by atoms with Gasteiger partial charge in [0, 0.05) is 45.1 Å². The molecular formula is C17H18N4O4. The van der Waals surface area contributed by atoms with Crippen molar-refractivity contribution in [2.24, 2.45) is 0 Å². The Kier molecular flexibility index (Phi) is 5.08. The molecule has 25 heavy (non-hydrogen) atoms. The number of pyridine rings is 1. The molecule has 8 nitrogen and oxygen atoms in total. The standard InChI is InChI=1S/C17H18N4O4/c22-15(19-12-13-3-1-5-18-11-13)17(24)21-8-6-20(7-9-21)16(23)14-4-2-10-25-14/h1-5,10-11H,6-9,12H2,(H,19,22). The Labute approximate surface area is 144 Å². The van der Waals surface area contributed by atoms with Crippen molar-refractivity contribution in [1.82, 2.24) is 20.1 Å². The lowest BCUT2D eigenvalue weighted by Crippen LogP contribution is -2.53. The number of carbonyl (C=O) groups is 3. The first-order valence-electron chi connectivity index (χ1n) is 7.94. The number of nitrogens with zero attached hydrogens (tertiary/aromatic N) is 3. The third-order valence-electron chi connectivity index (χ3n) is 3.96. The van der Waals surface area contributed by atoms with Crippen LogP contribution in [0, 0.1) is 0 Å². The summed E-state index contributed by atoms with van der Waals surface area (Å²) in [5.41, 5.74) is 0.817. The second-order valence-corrected chi connectivity index (χ2v) is 5.61. The van der Waals surface area contributed by atoms with E-state index in [1.165, 1.54) is 11.2 Å². The van der Waals surface area contributed by atoms with E-state index in [1.807, 2.05) is 6.07 Å². The fourth-order valence-corrected chi connectivity index (χ4v) is 2.57. The Morgan fingerprint density at radius 3 is 2.48 bits per heavy atom. The maximum Gasteiger partial charge on any atom is 0.312 e. The molecule has 1 aliphatic rings. The molecule has 1 fully saturated rings. The van der Waals surface area contributed by atoms with Gasteiger partial charge in [-0.05, 0) is 23.8 Å². The van der Waals surface area contributed by atoms with Gasteiger partial charge in [-0.2, -0.15) is 0 Å². The van der Waals surface area contributed by atoms with Crippen molar-refractivity contribution in [3.8, 4) is 0 Å². The van der Waals surface area contributed by atoms with Gasteiger partial charge in [0.1, 0.15) is 0 Å². The zero-order valence-electron chi connectivity index (χ0n) is 13.6. The monoisotopic (exact) mass is 342 g/mol. The van der Waals surface area contributed by atoms with Gasteiger partial charge in [-0.1, -0.05) is 6.07 Å². The molecule has 2 aromatic heterocycles. The maximum atomic E-state index is 12.2. The van der Waals surface area contributed by atoms with Crippen molar-refractivity contribution in [3.05, 3.63) is 54.2 Å². The Hall–Kier alpha value is -3.16. The normalized spacial score (nSPS) is 14.2. The van der Waals surface area contributed by atoms with E-state index >= 15 is 0 Å². The molecule has 2 aromatic rings. The van der Waals surface area contributed by atoms with Gasteiger partial charge in [-0.15, -0.1) is 0 Å². The summed E-state index contributed by atoms with van der Waals surface area (Å²) in [4.78, 5) is 43.4. The van der Waals surface area contributed by atoms with Crippen LogP contribution in [0.4, 0.5) is 0 Å². The second-order valence-electron chi connectivity index (χ2n) is 5.61. The number of amides is 3. The zero-order chi connectivity index (χ0) is 17.6. The molecule has 8 heteroatoms. The minimum atomic E-state index is -0.658. The van der Waals surface area contributed by atoms with Crippen LogP contribution < -0.4 is 5.32 Å². The fraction of sp³-hybridized carbons (Fsp3) is 0.294. The summed E-state index contributed by atoms with van der Waals surface area (Å²) in [6.45, 7) is 1.59. The van der Waals surface area contributed by atoms with Crippen molar-refractivity contribution in [2.75, 3.05) is 26.2 Å².